The number of amides is 2. The summed E-state index contributed by atoms with van der Waals surface area (Å²) in [5, 5.41) is 9.51. The number of nitrogens with one attached hydrogen (secondary N) is 2. The van der Waals surface area contributed by atoms with E-state index in [1.807, 2.05) is 24.3 Å². The number of para-hydroxylation sites is 1. The average molecular weight is 294 g/mol. The van der Waals surface area contributed by atoms with Crippen LogP contribution in [-0.4, -0.2) is 28.6 Å². The third-order valence-corrected chi connectivity index (χ3v) is 4.37. The first-order valence-electron chi connectivity index (χ1n) is 7.04. The highest BCUT2D eigenvalue weighted by Gasteiger charge is 2.56. The van der Waals surface area contributed by atoms with Crippen molar-refractivity contribution < 1.29 is 9.59 Å². The number of carbonyl (C=O) groups excluding carboxylic acids is 2. The zero-order chi connectivity index (χ0) is 15.3. The van der Waals surface area contributed by atoms with Crippen molar-refractivity contribution in [3.63, 3.8) is 0 Å². The number of benzene rings is 1. The summed E-state index contributed by atoms with van der Waals surface area (Å²) in [5.74, 6) is 0.200. The number of aromatic nitrogens is 2. The minimum atomic E-state index is -0.996. The van der Waals surface area contributed by atoms with Crippen LogP contribution < -0.4 is 10.2 Å². The SMILES string of the molecule is C=CCN1C(=O)[C@@]2(CC(=O)Nc3[nH]ncc32)c2ccccc21. The second-order valence-electron chi connectivity index (χ2n) is 5.51. The number of carbonyl (C=O) groups is 2. The third-order valence-electron chi connectivity index (χ3n) is 4.37. The molecule has 22 heavy (non-hydrogen) atoms. The molecule has 0 bridgehead atoms. The Balaban J connectivity index is 2.02. The summed E-state index contributed by atoms with van der Waals surface area (Å²) in [6.45, 7) is 4.13. The summed E-state index contributed by atoms with van der Waals surface area (Å²) in [6, 6.07) is 7.58. The maximum absolute atomic E-state index is 13.2. The van der Waals surface area contributed by atoms with Gasteiger partial charge in [-0.2, -0.15) is 5.10 Å². The number of hydrogen-bond donors (Lipinski definition) is 2. The topological polar surface area (TPSA) is 78.1 Å². The van der Waals surface area contributed by atoms with Crippen molar-refractivity contribution in [2.24, 2.45) is 0 Å². The van der Waals surface area contributed by atoms with Crippen molar-refractivity contribution in [1.29, 1.82) is 0 Å². The van der Waals surface area contributed by atoms with Crippen molar-refractivity contribution in [3.05, 3.63) is 54.2 Å². The molecule has 2 aliphatic rings. The Morgan fingerprint density at radius 3 is 2.95 bits per heavy atom. The van der Waals surface area contributed by atoms with E-state index in [0.717, 1.165) is 16.8 Å². The quantitative estimate of drug-likeness (QED) is 0.825. The van der Waals surface area contributed by atoms with Gasteiger partial charge in [0.15, 0.2) is 0 Å². The number of anilines is 2. The van der Waals surface area contributed by atoms with Crippen LogP contribution in [0.15, 0.2) is 43.1 Å². The molecule has 2 aromatic rings. The molecule has 1 spiro atoms. The van der Waals surface area contributed by atoms with Crippen molar-refractivity contribution >= 4 is 23.3 Å². The lowest BCUT2D eigenvalue weighted by atomic mass is 9.72. The van der Waals surface area contributed by atoms with Gasteiger partial charge in [0.2, 0.25) is 11.8 Å². The molecule has 1 aromatic heterocycles. The van der Waals surface area contributed by atoms with Crippen LogP contribution in [-0.2, 0) is 15.0 Å². The number of aromatic amines is 1. The number of H-pyrrole nitrogens is 1. The molecule has 6 heteroatoms. The predicted octanol–water partition coefficient (Wildman–Crippen LogP) is 1.57. The van der Waals surface area contributed by atoms with Gasteiger partial charge in [-0.25, -0.2) is 0 Å². The molecular weight excluding hydrogens is 280 g/mol. The molecule has 2 amide bonds. The van der Waals surface area contributed by atoms with E-state index in [-0.39, 0.29) is 18.2 Å². The molecule has 0 saturated heterocycles. The van der Waals surface area contributed by atoms with Gasteiger partial charge in [0.05, 0.1) is 6.20 Å². The maximum Gasteiger partial charge on any atom is 0.243 e. The van der Waals surface area contributed by atoms with Crippen molar-refractivity contribution in [1.82, 2.24) is 10.2 Å². The summed E-state index contributed by atoms with van der Waals surface area (Å²) in [7, 11) is 0. The van der Waals surface area contributed by atoms with Gasteiger partial charge in [-0.15, -0.1) is 6.58 Å². The van der Waals surface area contributed by atoms with Gasteiger partial charge in [0.1, 0.15) is 11.2 Å². The van der Waals surface area contributed by atoms with E-state index in [1.54, 1.807) is 17.2 Å². The molecule has 2 aliphatic heterocycles. The normalized spacial score (nSPS) is 22.5. The number of rotatable bonds is 2. The number of fused-ring (bicyclic) bond motifs is 4. The summed E-state index contributed by atoms with van der Waals surface area (Å²) in [6.07, 6.45) is 3.40. The molecule has 0 unspecified atom stereocenters. The molecule has 6 nitrogen and oxygen atoms in total. The van der Waals surface area contributed by atoms with E-state index >= 15 is 0 Å². The summed E-state index contributed by atoms with van der Waals surface area (Å²) < 4.78 is 0. The smallest absolute Gasteiger partial charge is 0.243 e. The highest BCUT2D eigenvalue weighted by Crippen LogP contribution is 2.51. The predicted molar refractivity (Wildman–Crippen MR) is 81.6 cm³/mol. The molecule has 0 radical (unpaired) electrons. The summed E-state index contributed by atoms with van der Waals surface area (Å²) in [5.41, 5.74) is 1.40. The van der Waals surface area contributed by atoms with Gasteiger partial charge >= 0.3 is 0 Å². The van der Waals surface area contributed by atoms with Gasteiger partial charge in [-0.05, 0) is 11.6 Å². The molecule has 4 rings (SSSR count). The number of hydrogen-bond acceptors (Lipinski definition) is 3. The highest BCUT2D eigenvalue weighted by molar-refractivity contribution is 6.15. The van der Waals surface area contributed by atoms with Crippen LogP contribution in [0.3, 0.4) is 0 Å². The lowest BCUT2D eigenvalue weighted by molar-refractivity contribution is -0.126. The first kappa shape index (κ1) is 12.8. The molecule has 2 N–H and O–H groups in total. The minimum Gasteiger partial charge on any atom is -0.311 e. The maximum atomic E-state index is 13.2. The Bertz CT molecular complexity index is 810. The van der Waals surface area contributed by atoms with Gasteiger partial charge < -0.3 is 10.2 Å². The first-order valence-corrected chi connectivity index (χ1v) is 7.04. The van der Waals surface area contributed by atoms with E-state index < -0.39 is 5.41 Å². The standard InChI is InChI=1S/C16H14N4O2/c1-2-7-20-12-6-4-3-5-10(12)16(15(20)22)8-13(21)18-14-11(16)9-17-19-14/h2-6,9H,1,7-8H2,(H2,17,18,19,21)/t16-/m0/s1. The van der Waals surface area contributed by atoms with E-state index in [2.05, 4.69) is 22.1 Å². The van der Waals surface area contributed by atoms with Gasteiger partial charge in [-0.1, -0.05) is 24.3 Å². The fourth-order valence-corrected chi connectivity index (χ4v) is 3.49. The Labute approximate surface area is 126 Å². The Hall–Kier alpha value is -2.89. The Morgan fingerprint density at radius 2 is 2.14 bits per heavy atom. The van der Waals surface area contributed by atoms with Crippen LogP contribution in [0.1, 0.15) is 17.5 Å². The molecule has 0 saturated carbocycles. The minimum absolute atomic E-state index is 0.0863. The van der Waals surface area contributed by atoms with Gasteiger partial charge in [0.25, 0.3) is 0 Å². The Morgan fingerprint density at radius 1 is 1.32 bits per heavy atom. The third kappa shape index (κ3) is 1.41. The fourth-order valence-electron chi connectivity index (χ4n) is 3.49. The molecule has 1 aromatic carbocycles. The molecular formula is C16H14N4O2. The van der Waals surface area contributed by atoms with E-state index in [9.17, 15) is 9.59 Å². The van der Waals surface area contributed by atoms with Crippen molar-refractivity contribution in [2.45, 2.75) is 11.8 Å². The monoisotopic (exact) mass is 294 g/mol. The molecule has 1 atom stereocenters. The van der Waals surface area contributed by atoms with Crippen LogP contribution in [0.4, 0.5) is 11.5 Å². The second kappa shape index (κ2) is 4.30. The molecule has 0 aliphatic carbocycles. The van der Waals surface area contributed by atoms with Crippen molar-refractivity contribution in [3.8, 4) is 0 Å². The van der Waals surface area contributed by atoms with Crippen LogP contribution in [0.25, 0.3) is 0 Å². The van der Waals surface area contributed by atoms with E-state index in [0.29, 0.717) is 12.4 Å². The van der Waals surface area contributed by atoms with Crippen LogP contribution in [0, 0.1) is 0 Å². The van der Waals surface area contributed by atoms with E-state index in [1.165, 1.54) is 0 Å². The molecule has 3 heterocycles. The van der Waals surface area contributed by atoms with Crippen molar-refractivity contribution in [2.75, 3.05) is 16.8 Å². The summed E-state index contributed by atoms with van der Waals surface area (Å²) in [4.78, 5) is 27.0. The van der Waals surface area contributed by atoms with Crippen LogP contribution in [0.2, 0.25) is 0 Å². The molecule has 110 valence electrons. The second-order valence-corrected chi connectivity index (χ2v) is 5.51. The Kier molecular flexibility index (Phi) is 2.51. The van der Waals surface area contributed by atoms with E-state index in [4.69, 9.17) is 0 Å². The average Bonchev–Trinajstić information content (AvgIpc) is 3.06. The van der Waals surface area contributed by atoms with Crippen LogP contribution in [0.5, 0.6) is 0 Å². The number of nitrogens with zero attached hydrogens (tertiary/aromatic N) is 2. The zero-order valence-corrected chi connectivity index (χ0v) is 11.8. The van der Waals surface area contributed by atoms with Gasteiger partial charge in [-0.3, -0.25) is 14.7 Å². The fraction of sp³-hybridized carbons (Fsp3) is 0.188. The first-order chi connectivity index (χ1) is 10.7. The molecule has 0 fully saturated rings. The van der Waals surface area contributed by atoms with Gasteiger partial charge in [0, 0.05) is 24.2 Å². The lowest BCUT2D eigenvalue weighted by Crippen LogP contribution is -2.46. The van der Waals surface area contributed by atoms with Crippen LogP contribution >= 0.6 is 0 Å². The highest BCUT2D eigenvalue weighted by atomic mass is 16.2. The summed E-state index contributed by atoms with van der Waals surface area (Å²) >= 11 is 0. The lowest BCUT2D eigenvalue weighted by Gasteiger charge is -2.31. The zero-order valence-electron chi connectivity index (χ0n) is 11.8. The largest absolute Gasteiger partial charge is 0.311 e.